The van der Waals surface area contributed by atoms with Crippen LogP contribution in [0.2, 0.25) is 0 Å². The Morgan fingerprint density at radius 3 is 3.04 bits per heavy atom. The molecule has 1 aliphatic rings. The van der Waals surface area contributed by atoms with Crippen LogP contribution in [0, 0.1) is 5.82 Å². The molecular formula is C17H19FN4O. The van der Waals surface area contributed by atoms with Gasteiger partial charge in [-0.15, -0.1) is 0 Å². The van der Waals surface area contributed by atoms with E-state index in [1.165, 1.54) is 12.1 Å². The van der Waals surface area contributed by atoms with Crippen LogP contribution < -0.4 is 10.6 Å². The summed E-state index contributed by atoms with van der Waals surface area (Å²) in [5.74, 6) is -0.293. The molecule has 0 saturated carbocycles. The molecule has 1 aliphatic heterocycles. The summed E-state index contributed by atoms with van der Waals surface area (Å²) in [4.78, 5) is 18.0. The van der Waals surface area contributed by atoms with Crippen LogP contribution in [-0.2, 0) is 6.54 Å². The van der Waals surface area contributed by atoms with Gasteiger partial charge in [-0.3, -0.25) is 4.98 Å². The van der Waals surface area contributed by atoms with Crippen LogP contribution in [0.25, 0.3) is 0 Å². The molecule has 1 aromatic heterocycles. The molecule has 0 aliphatic carbocycles. The standard InChI is InChI=1S/C17H19FN4O/c18-14-4-1-3-13(9-14)10-20-17(23)22-8-6-16(12-22)21-15-5-2-7-19-11-15/h1-5,7,9,11,16,21H,6,8,10,12H2,(H,20,23)/t16-/m1/s1. The Kier molecular flexibility index (Phi) is 4.71. The van der Waals surface area contributed by atoms with E-state index in [0.29, 0.717) is 19.6 Å². The number of carbonyl (C=O) groups excluding carboxylic acids is 1. The van der Waals surface area contributed by atoms with E-state index in [9.17, 15) is 9.18 Å². The first-order chi connectivity index (χ1) is 11.2. The molecule has 0 bridgehead atoms. The summed E-state index contributed by atoms with van der Waals surface area (Å²) in [6, 6.07) is 10.2. The average Bonchev–Trinajstić information content (AvgIpc) is 3.02. The number of benzene rings is 1. The van der Waals surface area contributed by atoms with Crippen LogP contribution in [0.4, 0.5) is 14.9 Å². The SMILES string of the molecule is O=C(NCc1cccc(F)c1)N1CC[C@@H](Nc2cccnc2)C1. The molecule has 5 nitrogen and oxygen atoms in total. The van der Waals surface area contributed by atoms with Crippen LogP contribution >= 0.6 is 0 Å². The van der Waals surface area contributed by atoms with Crippen molar-refractivity contribution >= 4 is 11.7 Å². The lowest BCUT2D eigenvalue weighted by molar-refractivity contribution is 0.208. The third kappa shape index (κ3) is 4.18. The quantitative estimate of drug-likeness (QED) is 0.912. The third-order valence-electron chi connectivity index (χ3n) is 3.84. The van der Waals surface area contributed by atoms with Crippen molar-refractivity contribution in [3.63, 3.8) is 0 Å². The number of pyridine rings is 1. The second kappa shape index (κ2) is 7.09. The van der Waals surface area contributed by atoms with E-state index < -0.39 is 0 Å². The molecule has 0 spiro atoms. The van der Waals surface area contributed by atoms with Gasteiger partial charge < -0.3 is 15.5 Å². The Bertz CT molecular complexity index is 665. The van der Waals surface area contributed by atoms with Crippen molar-refractivity contribution < 1.29 is 9.18 Å². The Morgan fingerprint density at radius 1 is 1.35 bits per heavy atom. The summed E-state index contributed by atoms with van der Waals surface area (Å²) < 4.78 is 13.1. The lowest BCUT2D eigenvalue weighted by Crippen LogP contribution is -2.39. The van der Waals surface area contributed by atoms with Gasteiger partial charge in [-0.05, 0) is 36.2 Å². The van der Waals surface area contributed by atoms with Gasteiger partial charge in [-0.1, -0.05) is 12.1 Å². The highest BCUT2D eigenvalue weighted by Gasteiger charge is 2.25. The molecule has 2 amide bonds. The highest BCUT2D eigenvalue weighted by molar-refractivity contribution is 5.74. The minimum atomic E-state index is -0.293. The second-order valence-electron chi connectivity index (χ2n) is 5.61. The molecule has 0 radical (unpaired) electrons. The molecule has 2 heterocycles. The zero-order valence-corrected chi connectivity index (χ0v) is 12.7. The Labute approximate surface area is 134 Å². The highest BCUT2D eigenvalue weighted by Crippen LogP contribution is 2.15. The third-order valence-corrected chi connectivity index (χ3v) is 3.84. The molecule has 1 atom stereocenters. The number of urea groups is 1. The number of amides is 2. The topological polar surface area (TPSA) is 57.3 Å². The molecule has 1 aromatic carbocycles. The molecule has 2 N–H and O–H groups in total. The van der Waals surface area contributed by atoms with Crippen molar-refractivity contribution in [2.45, 2.75) is 19.0 Å². The second-order valence-corrected chi connectivity index (χ2v) is 5.61. The molecule has 23 heavy (non-hydrogen) atoms. The summed E-state index contributed by atoms with van der Waals surface area (Å²) in [6.07, 6.45) is 4.39. The average molecular weight is 314 g/mol. The van der Waals surface area contributed by atoms with Gasteiger partial charge in [0.1, 0.15) is 5.82 Å². The van der Waals surface area contributed by atoms with Crippen molar-refractivity contribution in [1.82, 2.24) is 15.2 Å². The number of anilines is 1. The molecule has 120 valence electrons. The van der Waals surface area contributed by atoms with Crippen LogP contribution in [0.1, 0.15) is 12.0 Å². The number of hydrogen-bond acceptors (Lipinski definition) is 3. The van der Waals surface area contributed by atoms with E-state index >= 15 is 0 Å². The van der Waals surface area contributed by atoms with Gasteiger partial charge >= 0.3 is 6.03 Å². The molecule has 1 fully saturated rings. The number of hydrogen-bond donors (Lipinski definition) is 2. The fourth-order valence-corrected chi connectivity index (χ4v) is 2.68. The summed E-state index contributed by atoms with van der Waals surface area (Å²) >= 11 is 0. The number of likely N-dealkylation sites (tertiary alicyclic amines) is 1. The molecule has 2 aromatic rings. The number of aromatic nitrogens is 1. The van der Waals surface area contributed by atoms with Crippen molar-refractivity contribution in [3.05, 3.63) is 60.2 Å². The summed E-state index contributed by atoms with van der Waals surface area (Å²) in [6.45, 7) is 1.67. The first-order valence-corrected chi connectivity index (χ1v) is 7.64. The molecule has 6 heteroatoms. The van der Waals surface area contributed by atoms with Gasteiger partial charge in [0.2, 0.25) is 0 Å². The predicted molar refractivity (Wildman–Crippen MR) is 86.5 cm³/mol. The summed E-state index contributed by atoms with van der Waals surface area (Å²) in [5.41, 5.74) is 1.71. The summed E-state index contributed by atoms with van der Waals surface area (Å²) in [5, 5.41) is 6.21. The van der Waals surface area contributed by atoms with Gasteiger partial charge in [0, 0.05) is 38.1 Å². The van der Waals surface area contributed by atoms with Crippen molar-refractivity contribution in [2.24, 2.45) is 0 Å². The van der Waals surface area contributed by atoms with Crippen LogP contribution in [0.15, 0.2) is 48.8 Å². The molecular weight excluding hydrogens is 295 g/mol. The van der Waals surface area contributed by atoms with Crippen LogP contribution in [0.5, 0.6) is 0 Å². The largest absolute Gasteiger partial charge is 0.379 e. The van der Waals surface area contributed by atoms with E-state index in [1.807, 2.05) is 12.1 Å². The molecule has 0 unspecified atom stereocenters. The van der Waals surface area contributed by atoms with Crippen molar-refractivity contribution in [1.29, 1.82) is 0 Å². The number of carbonyl (C=O) groups is 1. The Balaban J connectivity index is 1.47. The van der Waals surface area contributed by atoms with E-state index in [-0.39, 0.29) is 17.9 Å². The van der Waals surface area contributed by atoms with Gasteiger partial charge in [0.05, 0.1) is 5.69 Å². The Morgan fingerprint density at radius 2 is 2.26 bits per heavy atom. The zero-order valence-electron chi connectivity index (χ0n) is 12.7. The number of nitrogens with zero attached hydrogens (tertiary/aromatic N) is 2. The minimum Gasteiger partial charge on any atom is -0.379 e. The molecule has 1 saturated heterocycles. The number of nitrogens with one attached hydrogen (secondary N) is 2. The first-order valence-electron chi connectivity index (χ1n) is 7.64. The van der Waals surface area contributed by atoms with Crippen molar-refractivity contribution in [3.8, 4) is 0 Å². The van der Waals surface area contributed by atoms with E-state index in [4.69, 9.17) is 0 Å². The van der Waals surface area contributed by atoms with Gasteiger partial charge in [-0.2, -0.15) is 0 Å². The zero-order chi connectivity index (χ0) is 16.1. The smallest absolute Gasteiger partial charge is 0.317 e. The predicted octanol–water partition coefficient (Wildman–Crippen LogP) is 2.62. The fourth-order valence-electron chi connectivity index (χ4n) is 2.68. The maximum absolute atomic E-state index is 13.1. The lowest BCUT2D eigenvalue weighted by Gasteiger charge is -2.18. The highest BCUT2D eigenvalue weighted by atomic mass is 19.1. The van der Waals surface area contributed by atoms with Crippen LogP contribution in [0.3, 0.4) is 0 Å². The van der Waals surface area contributed by atoms with Crippen molar-refractivity contribution in [2.75, 3.05) is 18.4 Å². The minimum absolute atomic E-state index is 0.121. The number of rotatable bonds is 4. The first kappa shape index (κ1) is 15.3. The maximum atomic E-state index is 13.1. The van der Waals surface area contributed by atoms with Gasteiger partial charge in [0.25, 0.3) is 0 Å². The Hall–Kier alpha value is -2.63. The molecule has 3 rings (SSSR count). The van der Waals surface area contributed by atoms with Crippen LogP contribution in [-0.4, -0.2) is 35.0 Å². The number of halogens is 1. The summed E-state index contributed by atoms with van der Waals surface area (Å²) in [7, 11) is 0. The van der Waals surface area contributed by atoms with E-state index in [1.54, 1.807) is 29.4 Å². The van der Waals surface area contributed by atoms with E-state index in [2.05, 4.69) is 15.6 Å². The van der Waals surface area contributed by atoms with Gasteiger partial charge in [0.15, 0.2) is 0 Å². The van der Waals surface area contributed by atoms with E-state index in [0.717, 1.165) is 17.7 Å². The normalized spacial score (nSPS) is 17.1. The fraction of sp³-hybridized carbons (Fsp3) is 0.294. The monoisotopic (exact) mass is 314 g/mol. The van der Waals surface area contributed by atoms with Gasteiger partial charge in [-0.25, -0.2) is 9.18 Å². The maximum Gasteiger partial charge on any atom is 0.317 e. The lowest BCUT2D eigenvalue weighted by atomic mass is 10.2.